The van der Waals surface area contributed by atoms with Crippen LogP contribution in [0.3, 0.4) is 0 Å². The lowest BCUT2D eigenvalue weighted by Gasteiger charge is -2.30. The lowest BCUT2D eigenvalue weighted by molar-refractivity contribution is 0.297. The van der Waals surface area contributed by atoms with E-state index in [9.17, 15) is 0 Å². The van der Waals surface area contributed by atoms with Crippen molar-refractivity contribution in [3.05, 3.63) is 23.3 Å². The van der Waals surface area contributed by atoms with E-state index in [1.807, 2.05) is 0 Å². The van der Waals surface area contributed by atoms with E-state index >= 15 is 0 Å². The Balaban J connectivity index is 1.77. The lowest BCUT2D eigenvalue weighted by atomic mass is 9.80. The molecule has 1 nitrogen and oxygen atoms in total. The number of nitrogens with one attached hydrogen (secondary N) is 1. The van der Waals surface area contributed by atoms with Gasteiger partial charge in [-0.15, -0.1) is 0 Å². The molecule has 3 aliphatic rings. The second-order valence-corrected chi connectivity index (χ2v) is 9.65. The van der Waals surface area contributed by atoms with Gasteiger partial charge in [0.1, 0.15) is 0 Å². The second kappa shape index (κ2) is 4.98. The molecule has 0 amide bonds. The molecule has 4 unspecified atom stereocenters. The Morgan fingerprint density at radius 3 is 2.38 bits per heavy atom. The molecule has 0 aromatic carbocycles. The van der Waals surface area contributed by atoms with Crippen LogP contribution in [0.4, 0.5) is 0 Å². The van der Waals surface area contributed by atoms with Gasteiger partial charge < -0.3 is 5.32 Å². The Labute approximate surface area is 131 Å². The maximum Gasteiger partial charge on any atom is 0.00966 e. The molecule has 2 saturated carbocycles. The first-order valence-corrected chi connectivity index (χ1v) is 8.81. The summed E-state index contributed by atoms with van der Waals surface area (Å²) in [4.78, 5) is 0. The highest BCUT2D eigenvalue weighted by molar-refractivity contribution is 5.42. The van der Waals surface area contributed by atoms with Gasteiger partial charge in [0, 0.05) is 5.54 Å². The van der Waals surface area contributed by atoms with Crippen LogP contribution in [0, 0.1) is 29.1 Å². The summed E-state index contributed by atoms with van der Waals surface area (Å²) in [5.41, 5.74) is 4.07. The van der Waals surface area contributed by atoms with Crippen LogP contribution in [-0.2, 0) is 0 Å². The van der Waals surface area contributed by atoms with Crippen molar-refractivity contribution in [3.63, 3.8) is 0 Å². The molecule has 0 aliphatic heterocycles. The Kier molecular flexibility index (Phi) is 3.64. The first-order valence-electron chi connectivity index (χ1n) is 8.81. The fourth-order valence-electron chi connectivity index (χ4n) is 4.79. The highest BCUT2D eigenvalue weighted by atomic mass is 14.9. The molecule has 0 aromatic rings. The molecule has 0 aromatic heterocycles. The minimum Gasteiger partial charge on any atom is -0.312 e. The van der Waals surface area contributed by atoms with E-state index in [2.05, 4.69) is 59.0 Å². The summed E-state index contributed by atoms with van der Waals surface area (Å²) in [6, 6.07) is 0. The van der Waals surface area contributed by atoms with E-state index < -0.39 is 0 Å². The molecule has 3 aliphatic carbocycles. The minimum absolute atomic E-state index is 0.232. The van der Waals surface area contributed by atoms with E-state index in [0.717, 1.165) is 23.7 Å². The molecular weight excluding hydrogens is 254 g/mol. The van der Waals surface area contributed by atoms with Gasteiger partial charge in [0.15, 0.2) is 0 Å². The van der Waals surface area contributed by atoms with Gasteiger partial charge in [0.2, 0.25) is 0 Å². The number of hydrogen-bond donors (Lipinski definition) is 1. The Morgan fingerprint density at radius 2 is 1.76 bits per heavy atom. The van der Waals surface area contributed by atoms with Crippen LogP contribution >= 0.6 is 0 Å². The predicted molar refractivity (Wildman–Crippen MR) is 91.2 cm³/mol. The van der Waals surface area contributed by atoms with Gasteiger partial charge in [-0.25, -0.2) is 0 Å². The quantitative estimate of drug-likeness (QED) is 0.758. The third-order valence-corrected chi connectivity index (χ3v) is 5.79. The van der Waals surface area contributed by atoms with Gasteiger partial charge >= 0.3 is 0 Å². The highest BCUT2D eigenvalue weighted by Gasteiger charge is 2.43. The molecule has 0 bridgehead atoms. The molecule has 118 valence electrons. The summed E-state index contributed by atoms with van der Waals surface area (Å²) >= 11 is 0. The number of hydrogen-bond acceptors (Lipinski definition) is 1. The molecule has 0 spiro atoms. The maximum atomic E-state index is 3.75. The first kappa shape index (κ1) is 15.3. The maximum absolute atomic E-state index is 3.75. The molecule has 3 rings (SSSR count). The molecular formula is C20H33N. The zero-order valence-corrected chi connectivity index (χ0v) is 14.8. The van der Waals surface area contributed by atoms with Crippen molar-refractivity contribution < 1.29 is 0 Å². The molecule has 0 saturated heterocycles. The van der Waals surface area contributed by atoms with Crippen molar-refractivity contribution in [2.45, 2.75) is 66.3 Å². The Bertz CT molecular complexity index is 475. The van der Waals surface area contributed by atoms with E-state index in [1.54, 1.807) is 11.1 Å². The molecule has 21 heavy (non-hydrogen) atoms. The van der Waals surface area contributed by atoms with Crippen LogP contribution < -0.4 is 5.32 Å². The van der Waals surface area contributed by atoms with Crippen molar-refractivity contribution in [1.82, 2.24) is 5.32 Å². The van der Waals surface area contributed by atoms with Crippen molar-refractivity contribution in [2.24, 2.45) is 29.1 Å². The largest absolute Gasteiger partial charge is 0.312 e. The lowest BCUT2D eigenvalue weighted by Crippen LogP contribution is -2.41. The summed E-state index contributed by atoms with van der Waals surface area (Å²) in [5.74, 6) is 3.24. The number of rotatable bonds is 2. The Hall–Kier alpha value is -0.560. The van der Waals surface area contributed by atoms with Crippen LogP contribution in [0.5, 0.6) is 0 Å². The average molecular weight is 287 g/mol. The summed E-state index contributed by atoms with van der Waals surface area (Å²) in [7, 11) is 0. The van der Waals surface area contributed by atoms with Gasteiger partial charge in [-0.3, -0.25) is 0 Å². The van der Waals surface area contributed by atoms with Gasteiger partial charge in [0.25, 0.3) is 0 Å². The topological polar surface area (TPSA) is 12.0 Å². The van der Waals surface area contributed by atoms with E-state index in [1.165, 1.54) is 25.8 Å². The SMILES string of the molecule is CC1CC2C=C3CC(C)(C)CC3=CC2C1CNC(C)(C)C. The summed E-state index contributed by atoms with van der Waals surface area (Å²) in [6.07, 6.45) is 9.29. The van der Waals surface area contributed by atoms with Crippen LogP contribution in [0.1, 0.15) is 60.8 Å². The number of allylic oxidation sites excluding steroid dienone is 4. The van der Waals surface area contributed by atoms with E-state index in [-0.39, 0.29) is 5.54 Å². The zero-order valence-electron chi connectivity index (χ0n) is 14.8. The van der Waals surface area contributed by atoms with Gasteiger partial charge in [-0.2, -0.15) is 0 Å². The minimum atomic E-state index is 0.232. The van der Waals surface area contributed by atoms with Crippen molar-refractivity contribution in [1.29, 1.82) is 0 Å². The van der Waals surface area contributed by atoms with Crippen LogP contribution in [0.15, 0.2) is 23.3 Å². The third kappa shape index (κ3) is 3.13. The zero-order chi connectivity index (χ0) is 15.4. The van der Waals surface area contributed by atoms with Crippen molar-refractivity contribution >= 4 is 0 Å². The highest BCUT2D eigenvalue weighted by Crippen LogP contribution is 2.53. The monoisotopic (exact) mass is 287 g/mol. The summed E-state index contributed by atoms with van der Waals surface area (Å²) in [5, 5.41) is 3.75. The van der Waals surface area contributed by atoms with Gasteiger partial charge in [0.05, 0.1) is 0 Å². The first-order chi connectivity index (χ1) is 9.65. The summed E-state index contributed by atoms with van der Waals surface area (Å²) in [6.45, 7) is 15.3. The van der Waals surface area contributed by atoms with Crippen molar-refractivity contribution in [3.8, 4) is 0 Å². The smallest absolute Gasteiger partial charge is 0.00966 e. The normalized spacial score (nSPS) is 37.8. The molecule has 0 radical (unpaired) electrons. The fraction of sp³-hybridized carbons (Fsp3) is 0.800. The molecule has 2 fully saturated rings. The van der Waals surface area contributed by atoms with Gasteiger partial charge in [-0.05, 0) is 86.8 Å². The molecule has 1 heteroatoms. The van der Waals surface area contributed by atoms with Crippen LogP contribution in [0.25, 0.3) is 0 Å². The molecule has 0 heterocycles. The van der Waals surface area contributed by atoms with E-state index in [4.69, 9.17) is 0 Å². The van der Waals surface area contributed by atoms with Crippen LogP contribution in [-0.4, -0.2) is 12.1 Å². The second-order valence-electron chi connectivity index (χ2n) is 9.65. The predicted octanol–water partition coefficient (Wildman–Crippen LogP) is 4.95. The fourth-order valence-corrected chi connectivity index (χ4v) is 4.79. The average Bonchev–Trinajstić information content (AvgIpc) is 2.76. The van der Waals surface area contributed by atoms with Crippen molar-refractivity contribution in [2.75, 3.05) is 6.54 Å². The Morgan fingerprint density at radius 1 is 1.14 bits per heavy atom. The number of fused-ring (bicyclic) bond motifs is 2. The third-order valence-electron chi connectivity index (χ3n) is 5.79. The van der Waals surface area contributed by atoms with E-state index in [0.29, 0.717) is 5.41 Å². The van der Waals surface area contributed by atoms with Gasteiger partial charge in [-0.1, -0.05) is 32.9 Å². The standard InChI is InChI=1S/C20H33N/c1-13-7-14-8-15-10-20(5,6)11-16(15)9-17(14)18(13)12-21-19(2,3)4/h8-9,13-14,17-18,21H,7,10-12H2,1-6H3. The van der Waals surface area contributed by atoms with Crippen LogP contribution in [0.2, 0.25) is 0 Å². The summed E-state index contributed by atoms with van der Waals surface area (Å²) < 4.78 is 0. The molecule has 1 N–H and O–H groups in total. The molecule has 4 atom stereocenters.